The number of benzene rings is 1. The van der Waals surface area contributed by atoms with Crippen molar-refractivity contribution in [1.29, 1.82) is 0 Å². The minimum absolute atomic E-state index is 0.0665. The average Bonchev–Trinajstić information content (AvgIpc) is 2.47. The average molecular weight is 291 g/mol. The molecule has 1 heterocycles. The van der Waals surface area contributed by atoms with E-state index in [2.05, 4.69) is 27.7 Å². The predicted octanol–water partition coefficient (Wildman–Crippen LogP) is 0.994. The monoisotopic (exact) mass is 291 g/mol. The van der Waals surface area contributed by atoms with Crippen LogP contribution in [0, 0.1) is 0 Å². The van der Waals surface area contributed by atoms with E-state index in [1.54, 1.807) is 7.05 Å². The zero-order valence-electron chi connectivity index (χ0n) is 13.1. The highest BCUT2D eigenvalue weighted by Gasteiger charge is 2.27. The van der Waals surface area contributed by atoms with Gasteiger partial charge in [-0.2, -0.15) is 0 Å². The molecule has 5 nitrogen and oxygen atoms in total. The van der Waals surface area contributed by atoms with E-state index in [1.807, 2.05) is 26.0 Å². The third-order valence-corrected chi connectivity index (χ3v) is 3.56. The second-order valence-corrected chi connectivity index (χ2v) is 5.62. The van der Waals surface area contributed by atoms with Crippen LogP contribution in [-0.4, -0.2) is 49.6 Å². The highest BCUT2D eigenvalue weighted by molar-refractivity contribution is 5.81. The van der Waals surface area contributed by atoms with E-state index < -0.39 is 0 Å². The Morgan fingerprint density at radius 2 is 2.33 bits per heavy atom. The Morgan fingerprint density at radius 1 is 1.52 bits per heavy atom. The third kappa shape index (κ3) is 4.44. The van der Waals surface area contributed by atoms with Crippen molar-refractivity contribution in [1.82, 2.24) is 15.5 Å². The van der Waals surface area contributed by atoms with Crippen molar-refractivity contribution in [3.63, 3.8) is 0 Å². The minimum Gasteiger partial charge on any atom is -0.491 e. The molecule has 2 N–H and O–H groups in total. The van der Waals surface area contributed by atoms with Gasteiger partial charge in [-0.05, 0) is 31.5 Å². The largest absolute Gasteiger partial charge is 0.491 e. The first-order chi connectivity index (χ1) is 10.1. The summed E-state index contributed by atoms with van der Waals surface area (Å²) in [7, 11) is 1.69. The van der Waals surface area contributed by atoms with Gasteiger partial charge in [0.2, 0.25) is 5.91 Å². The van der Waals surface area contributed by atoms with E-state index >= 15 is 0 Å². The number of hydrogen-bond acceptors (Lipinski definition) is 4. The van der Waals surface area contributed by atoms with Crippen molar-refractivity contribution in [2.24, 2.45) is 0 Å². The molecule has 1 aromatic carbocycles. The zero-order chi connectivity index (χ0) is 15.2. The molecule has 21 heavy (non-hydrogen) atoms. The van der Waals surface area contributed by atoms with Gasteiger partial charge in [0.1, 0.15) is 11.8 Å². The van der Waals surface area contributed by atoms with Crippen molar-refractivity contribution in [2.45, 2.75) is 32.5 Å². The smallest absolute Gasteiger partial charge is 0.238 e. The maximum Gasteiger partial charge on any atom is 0.238 e. The van der Waals surface area contributed by atoms with E-state index in [4.69, 9.17) is 4.74 Å². The van der Waals surface area contributed by atoms with Gasteiger partial charge in [-0.25, -0.2) is 0 Å². The molecule has 0 spiro atoms. The molecule has 2 rings (SSSR count). The maximum absolute atomic E-state index is 12.0. The Hall–Kier alpha value is -1.59. The Kier molecular flexibility index (Phi) is 5.59. The lowest BCUT2D eigenvalue weighted by molar-refractivity contribution is -0.126. The van der Waals surface area contributed by atoms with Gasteiger partial charge >= 0.3 is 0 Å². The first-order valence-corrected chi connectivity index (χ1v) is 7.52. The zero-order valence-corrected chi connectivity index (χ0v) is 13.1. The topological polar surface area (TPSA) is 53.6 Å². The summed E-state index contributed by atoms with van der Waals surface area (Å²) in [6, 6.07) is 8.00. The molecule has 0 aliphatic carbocycles. The number of nitrogens with one attached hydrogen (secondary N) is 2. The summed E-state index contributed by atoms with van der Waals surface area (Å²) in [4.78, 5) is 14.2. The van der Waals surface area contributed by atoms with Gasteiger partial charge in [0.25, 0.3) is 0 Å². The molecule has 1 aliphatic rings. The summed E-state index contributed by atoms with van der Waals surface area (Å²) in [5, 5.41) is 6.02. The van der Waals surface area contributed by atoms with Gasteiger partial charge in [0.15, 0.2) is 0 Å². The molecule has 116 valence electrons. The predicted molar refractivity (Wildman–Crippen MR) is 83.3 cm³/mol. The SMILES string of the molecule is CNC(=O)C1CNCCN1Cc1cccc(OC(C)C)c1. The van der Waals surface area contributed by atoms with Crippen LogP contribution in [-0.2, 0) is 11.3 Å². The lowest BCUT2D eigenvalue weighted by atomic mass is 10.1. The molecule has 0 saturated carbocycles. The molecule has 1 aliphatic heterocycles. The number of piperazine rings is 1. The van der Waals surface area contributed by atoms with Crippen LogP contribution in [0.2, 0.25) is 0 Å². The Balaban J connectivity index is 2.06. The van der Waals surface area contributed by atoms with Crippen LogP contribution in [0.15, 0.2) is 24.3 Å². The van der Waals surface area contributed by atoms with Crippen molar-refractivity contribution < 1.29 is 9.53 Å². The van der Waals surface area contributed by atoms with Crippen LogP contribution in [0.4, 0.5) is 0 Å². The molecule has 1 fully saturated rings. The fraction of sp³-hybridized carbons (Fsp3) is 0.562. The number of ether oxygens (including phenoxy) is 1. The lowest BCUT2D eigenvalue weighted by Gasteiger charge is -2.34. The van der Waals surface area contributed by atoms with Crippen molar-refractivity contribution in [2.75, 3.05) is 26.7 Å². The van der Waals surface area contributed by atoms with E-state index in [1.165, 1.54) is 5.56 Å². The Morgan fingerprint density at radius 3 is 3.05 bits per heavy atom. The van der Waals surface area contributed by atoms with Crippen LogP contribution in [0.3, 0.4) is 0 Å². The summed E-state index contributed by atoms with van der Waals surface area (Å²) in [5.74, 6) is 0.950. The summed E-state index contributed by atoms with van der Waals surface area (Å²) >= 11 is 0. The summed E-state index contributed by atoms with van der Waals surface area (Å²) in [6.07, 6.45) is 0.165. The molecule has 0 bridgehead atoms. The normalized spacial score (nSPS) is 19.5. The molecule has 1 saturated heterocycles. The standard InChI is InChI=1S/C16H25N3O2/c1-12(2)21-14-6-4-5-13(9-14)11-19-8-7-18-10-15(19)16(20)17-3/h4-6,9,12,15,18H,7-8,10-11H2,1-3H3,(H,17,20). The number of carbonyl (C=O) groups excluding carboxylic acids is 1. The van der Waals surface area contributed by atoms with E-state index in [9.17, 15) is 4.79 Å². The molecular weight excluding hydrogens is 266 g/mol. The number of nitrogens with zero attached hydrogens (tertiary/aromatic N) is 1. The number of amides is 1. The van der Waals surface area contributed by atoms with Gasteiger partial charge in [-0.15, -0.1) is 0 Å². The molecule has 0 radical (unpaired) electrons. The maximum atomic E-state index is 12.0. The van der Waals surface area contributed by atoms with Gasteiger partial charge in [0, 0.05) is 33.2 Å². The second kappa shape index (κ2) is 7.43. The van der Waals surface area contributed by atoms with Gasteiger partial charge in [-0.1, -0.05) is 12.1 Å². The molecule has 0 aromatic heterocycles. The molecule has 5 heteroatoms. The molecule has 1 atom stereocenters. The van der Waals surface area contributed by atoms with Crippen LogP contribution >= 0.6 is 0 Å². The van der Waals surface area contributed by atoms with Crippen LogP contribution in [0.25, 0.3) is 0 Å². The highest BCUT2D eigenvalue weighted by atomic mass is 16.5. The summed E-state index contributed by atoms with van der Waals surface area (Å²) < 4.78 is 5.73. The summed E-state index contributed by atoms with van der Waals surface area (Å²) in [6.45, 7) is 7.27. The third-order valence-electron chi connectivity index (χ3n) is 3.56. The van der Waals surface area contributed by atoms with Crippen molar-refractivity contribution in [3.8, 4) is 5.75 Å². The highest BCUT2D eigenvalue weighted by Crippen LogP contribution is 2.18. The Bertz CT molecular complexity index is 476. The number of likely N-dealkylation sites (N-methyl/N-ethyl adjacent to an activating group) is 1. The van der Waals surface area contributed by atoms with Gasteiger partial charge in [-0.3, -0.25) is 9.69 Å². The molecule has 1 unspecified atom stereocenters. The van der Waals surface area contributed by atoms with E-state index in [0.29, 0.717) is 6.54 Å². The van der Waals surface area contributed by atoms with Crippen LogP contribution in [0.5, 0.6) is 5.75 Å². The van der Waals surface area contributed by atoms with Crippen LogP contribution < -0.4 is 15.4 Å². The number of carbonyl (C=O) groups is 1. The fourth-order valence-corrected chi connectivity index (χ4v) is 2.58. The fourth-order valence-electron chi connectivity index (χ4n) is 2.58. The number of hydrogen-bond donors (Lipinski definition) is 2. The molecular formula is C16H25N3O2. The minimum atomic E-state index is -0.113. The first-order valence-electron chi connectivity index (χ1n) is 7.52. The lowest BCUT2D eigenvalue weighted by Crippen LogP contribution is -2.56. The summed E-state index contributed by atoms with van der Waals surface area (Å²) in [5.41, 5.74) is 1.17. The van der Waals surface area contributed by atoms with E-state index in [0.717, 1.165) is 25.4 Å². The quantitative estimate of drug-likeness (QED) is 0.849. The molecule has 1 amide bonds. The van der Waals surface area contributed by atoms with Crippen molar-refractivity contribution >= 4 is 5.91 Å². The van der Waals surface area contributed by atoms with Crippen LogP contribution in [0.1, 0.15) is 19.4 Å². The second-order valence-electron chi connectivity index (χ2n) is 5.62. The Labute approximate surface area is 126 Å². The molecule has 1 aromatic rings. The van der Waals surface area contributed by atoms with Crippen molar-refractivity contribution in [3.05, 3.63) is 29.8 Å². The van der Waals surface area contributed by atoms with Gasteiger partial charge in [0.05, 0.1) is 6.10 Å². The van der Waals surface area contributed by atoms with Gasteiger partial charge < -0.3 is 15.4 Å². The van der Waals surface area contributed by atoms with E-state index in [-0.39, 0.29) is 18.1 Å². The number of rotatable bonds is 5. The first kappa shape index (κ1) is 15.8.